The van der Waals surface area contributed by atoms with Crippen molar-refractivity contribution in [2.24, 2.45) is 0 Å². The van der Waals surface area contributed by atoms with Crippen LogP contribution in [0.2, 0.25) is 5.02 Å². The second kappa shape index (κ2) is 6.90. The van der Waals surface area contributed by atoms with Crippen LogP contribution in [0.1, 0.15) is 12.5 Å². The summed E-state index contributed by atoms with van der Waals surface area (Å²) in [6.07, 6.45) is 1.83. The molecule has 2 aromatic heterocycles. The van der Waals surface area contributed by atoms with E-state index in [-0.39, 0.29) is 5.56 Å². The van der Waals surface area contributed by atoms with E-state index in [0.717, 1.165) is 16.9 Å². The monoisotopic (exact) mass is 383 g/mol. The number of hydrogen-bond donors (Lipinski definition) is 0. The molecular formula is C19H14ClN3O2S. The fourth-order valence-corrected chi connectivity index (χ4v) is 3.71. The van der Waals surface area contributed by atoms with Gasteiger partial charge >= 0.3 is 0 Å². The molecule has 0 atom stereocenters. The maximum atomic E-state index is 12.9. The summed E-state index contributed by atoms with van der Waals surface area (Å²) in [7, 11) is 0. The molecule has 5 nitrogen and oxygen atoms in total. The SMILES string of the molecule is CCOc1ccccc1C=c1sc2nnc(-c3ccc(Cl)cc3)n2c1=O. The highest BCUT2D eigenvalue weighted by molar-refractivity contribution is 7.15. The quantitative estimate of drug-likeness (QED) is 0.542. The second-order valence-corrected chi connectivity index (χ2v) is 6.98. The summed E-state index contributed by atoms with van der Waals surface area (Å²) in [5, 5.41) is 8.93. The molecule has 2 aromatic carbocycles. The molecular weight excluding hydrogens is 370 g/mol. The van der Waals surface area contributed by atoms with Crippen molar-refractivity contribution in [2.45, 2.75) is 6.92 Å². The van der Waals surface area contributed by atoms with Gasteiger partial charge in [-0.15, -0.1) is 10.2 Å². The minimum Gasteiger partial charge on any atom is -0.493 e. The van der Waals surface area contributed by atoms with Crippen LogP contribution in [0.15, 0.2) is 53.3 Å². The number of nitrogens with zero attached hydrogens (tertiary/aromatic N) is 3. The summed E-state index contributed by atoms with van der Waals surface area (Å²) >= 11 is 7.24. The largest absolute Gasteiger partial charge is 0.493 e. The molecule has 0 saturated heterocycles. The van der Waals surface area contributed by atoms with Gasteiger partial charge in [-0.2, -0.15) is 0 Å². The van der Waals surface area contributed by atoms with Crippen LogP contribution in [0, 0.1) is 0 Å². The summed E-state index contributed by atoms with van der Waals surface area (Å²) in [5.74, 6) is 1.26. The zero-order chi connectivity index (χ0) is 18.1. The smallest absolute Gasteiger partial charge is 0.276 e. The van der Waals surface area contributed by atoms with Crippen LogP contribution >= 0.6 is 22.9 Å². The van der Waals surface area contributed by atoms with Gasteiger partial charge in [-0.05, 0) is 43.3 Å². The van der Waals surface area contributed by atoms with E-state index < -0.39 is 0 Å². The first-order chi connectivity index (χ1) is 12.7. The van der Waals surface area contributed by atoms with E-state index in [9.17, 15) is 4.79 Å². The Balaban J connectivity index is 1.88. The summed E-state index contributed by atoms with van der Waals surface area (Å²) < 4.78 is 7.74. The lowest BCUT2D eigenvalue weighted by molar-refractivity contribution is 0.339. The van der Waals surface area contributed by atoms with E-state index >= 15 is 0 Å². The number of para-hydroxylation sites is 1. The lowest BCUT2D eigenvalue weighted by atomic mass is 10.2. The van der Waals surface area contributed by atoms with E-state index in [1.807, 2.05) is 49.4 Å². The molecule has 0 bridgehead atoms. The van der Waals surface area contributed by atoms with Crippen molar-refractivity contribution in [3.63, 3.8) is 0 Å². The standard InChI is InChI=1S/C19H14ClN3O2S/c1-2-25-15-6-4-3-5-13(15)11-16-18(24)23-17(21-22-19(23)26-16)12-7-9-14(20)10-8-12/h3-11H,2H2,1H3. The third-order valence-corrected chi connectivity index (χ3v) is 5.07. The van der Waals surface area contributed by atoms with Crippen molar-refractivity contribution in [1.29, 1.82) is 0 Å². The predicted octanol–water partition coefficient (Wildman–Crippen LogP) is 3.42. The van der Waals surface area contributed by atoms with Crippen LogP contribution in [-0.4, -0.2) is 21.2 Å². The first-order valence-corrected chi connectivity index (χ1v) is 9.24. The number of halogens is 1. The Bertz CT molecular complexity index is 1180. The third kappa shape index (κ3) is 2.98. The van der Waals surface area contributed by atoms with Crippen LogP contribution in [0.25, 0.3) is 22.4 Å². The third-order valence-electron chi connectivity index (χ3n) is 3.86. The molecule has 4 aromatic rings. The first-order valence-electron chi connectivity index (χ1n) is 8.05. The van der Waals surface area contributed by atoms with Crippen molar-refractivity contribution in [1.82, 2.24) is 14.6 Å². The zero-order valence-corrected chi connectivity index (χ0v) is 15.4. The number of fused-ring (bicyclic) bond motifs is 1. The lowest BCUT2D eigenvalue weighted by Crippen LogP contribution is -2.23. The van der Waals surface area contributed by atoms with Crippen LogP contribution in [-0.2, 0) is 0 Å². The van der Waals surface area contributed by atoms with Crippen molar-refractivity contribution in [3.05, 3.63) is 74.0 Å². The van der Waals surface area contributed by atoms with Crippen LogP contribution < -0.4 is 14.8 Å². The lowest BCUT2D eigenvalue weighted by Gasteiger charge is -2.05. The van der Waals surface area contributed by atoms with Gasteiger partial charge in [0.05, 0.1) is 11.1 Å². The van der Waals surface area contributed by atoms with Gasteiger partial charge in [0.1, 0.15) is 5.75 Å². The Morgan fingerprint density at radius 1 is 1.15 bits per heavy atom. The molecule has 0 saturated carbocycles. The molecule has 4 rings (SSSR count). The van der Waals surface area contributed by atoms with Gasteiger partial charge in [0.2, 0.25) is 4.96 Å². The molecule has 0 aliphatic carbocycles. The van der Waals surface area contributed by atoms with Gasteiger partial charge in [0.25, 0.3) is 5.56 Å². The van der Waals surface area contributed by atoms with Crippen molar-refractivity contribution in [3.8, 4) is 17.1 Å². The zero-order valence-electron chi connectivity index (χ0n) is 13.8. The summed E-state index contributed by atoms with van der Waals surface area (Å²) in [6.45, 7) is 2.49. The molecule has 130 valence electrons. The van der Waals surface area contributed by atoms with Crippen LogP contribution in [0.4, 0.5) is 0 Å². The highest BCUT2D eigenvalue weighted by atomic mass is 35.5. The normalized spacial score (nSPS) is 12.0. The molecule has 0 amide bonds. The van der Waals surface area contributed by atoms with Gasteiger partial charge in [-0.3, -0.25) is 4.79 Å². The summed E-state index contributed by atoms with van der Waals surface area (Å²) in [6, 6.07) is 14.8. The molecule has 2 heterocycles. The second-order valence-electron chi connectivity index (χ2n) is 5.54. The molecule has 0 radical (unpaired) electrons. The van der Waals surface area contributed by atoms with Gasteiger partial charge < -0.3 is 4.74 Å². The van der Waals surface area contributed by atoms with Crippen LogP contribution in [0.5, 0.6) is 5.75 Å². The molecule has 0 aliphatic heterocycles. The Morgan fingerprint density at radius 3 is 2.69 bits per heavy atom. The Kier molecular flexibility index (Phi) is 4.44. The van der Waals surface area contributed by atoms with Crippen molar-refractivity contribution < 1.29 is 4.74 Å². The van der Waals surface area contributed by atoms with Gasteiger partial charge in [0.15, 0.2) is 5.82 Å². The highest BCUT2D eigenvalue weighted by Gasteiger charge is 2.14. The van der Waals surface area contributed by atoms with E-state index in [2.05, 4.69) is 10.2 Å². The van der Waals surface area contributed by atoms with E-state index in [0.29, 0.717) is 26.9 Å². The van der Waals surface area contributed by atoms with Gasteiger partial charge in [0, 0.05) is 16.1 Å². The molecule has 26 heavy (non-hydrogen) atoms. The number of rotatable bonds is 4. The fraction of sp³-hybridized carbons (Fsp3) is 0.105. The van der Waals surface area contributed by atoms with Crippen molar-refractivity contribution >= 4 is 34.0 Å². The maximum absolute atomic E-state index is 12.9. The molecule has 0 N–H and O–H groups in total. The number of aromatic nitrogens is 3. The van der Waals surface area contributed by atoms with E-state index in [1.165, 1.54) is 15.7 Å². The summed E-state index contributed by atoms with van der Waals surface area (Å²) in [4.78, 5) is 13.5. The van der Waals surface area contributed by atoms with Gasteiger partial charge in [-0.1, -0.05) is 41.1 Å². The van der Waals surface area contributed by atoms with Crippen LogP contribution in [0.3, 0.4) is 0 Å². The first kappa shape index (κ1) is 16.8. The fourth-order valence-electron chi connectivity index (χ4n) is 2.68. The Labute approximate surface area is 158 Å². The molecule has 0 aliphatic rings. The Hall–Kier alpha value is -2.70. The topological polar surface area (TPSA) is 56.5 Å². The maximum Gasteiger partial charge on any atom is 0.276 e. The minimum absolute atomic E-state index is 0.147. The minimum atomic E-state index is -0.147. The number of hydrogen-bond acceptors (Lipinski definition) is 5. The molecule has 0 fully saturated rings. The average molecular weight is 384 g/mol. The van der Waals surface area contributed by atoms with E-state index in [4.69, 9.17) is 16.3 Å². The number of thiazole rings is 1. The number of benzene rings is 2. The summed E-state index contributed by atoms with van der Waals surface area (Å²) in [5.41, 5.74) is 1.50. The average Bonchev–Trinajstić information content (AvgIpc) is 3.19. The highest BCUT2D eigenvalue weighted by Crippen LogP contribution is 2.21. The van der Waals surface area contributed by atoms with Gasteiger partial charge in [-0.25, -0.2) is 4.40 Å². The predicted molar refractivity (Wildman–Crippen MR) is 104 cm³/mol. The Morgan fingerprint density at radius 2 is 1.92 bits per heavy atom. The molecule has 0 spiro atoms. The van der Waals surface area contributed by atoms with Crippen molar-refractivity contribution in [2.75, 3.05) is 6.61 Å². The molecule has 0 unspecified atom stereocenters. The number of ether oxygens (including phenoxy) is 1. The van der Waals surface area contributed by atoms with E-state index in [1.54, 1.807) is 12.1 Å². The molecule has 7 heteroatoms.